The van der Waals surface area contributed by atoms with Crippen molar-refractivity contribution in [1.29, 1.82) is 0 Å². The summed E-state index contributed by atoms with van der Waals surface area (Å²) < 4.78 is 16.7. The Hall–Kier alpha value is -0.163. The summed E-state index contributed by atoms with van der Waals surface area (Å²) in [5.41, 5.74) is 0. The van der Waals surface area contributed by atoms with E-state index in [0.29, 0.717) is 0 Å². The van der Waals surface area contributed by atoms with Crippen LogP contribution in [0.3, 0.4) is 0 Å². The summed E-state index contributed by atoms with van der Waals surface area (Å²) in [4.78, 5) is 0. The molecule has 1 saturated carbocycles. The third-order valence-corrected chi connectivity index (χ3v) is 8.19. The fraction of sp³-hybridized carbons (Fsp3) is 0.875. The van der Waals surface area contributed by atoms with Gasteiger partial charge in [-0.25, -0.2) is 0 Å². The minimum Gasteiger partial charge on any atom is -0.377 e. The van der Waals surface area contributed by atoms with Crippen LogP contribution in [0.15, 0.2) is 12.2 Å². The summed E-state index contributed by atoms with van der Waals surface area (Å²) in [6.07, 6.45) is 11.5. The maximum absolute atomic E-state index is 5.58. The van der Waals surface area contributed by atoms with Crippen molar-refractivity contribution in [3.8, 4) is 0 Å². The lowest BCUT2D eigenvalue weighted by Gasteiger charge is -2.46. The first kappa shape index (κ1) is 16.2. The quantitative estimate of drug-likeness (QED) is 0.503. The lowest BCUT2D eigenvalue weighted by molar-refractivity contribution is 0.0904. The van der Waals surface area contributed by atoms with Crippen LogP contribution in [0.2, 0.25) is 6.04 Å². The van der Waals surface area contributed by atoms with Gasteiger partial charge in [0.05, 0.1) is 0 Å². The second-order valence-electron chi connectivity index (χ2n) is 6.24. The van der Waals surface area contributed by atoms with E-state index in [0.717, 1.165) is 29.7 Å². The first-order valence-electron chi connectivity index (χ1n) is 8.03. The van der Waals surface area contributed by atoms with Gasteiger partial charge in [-0.05, 0) is 49.4 Å². The van der Waals surface area contributed by atoms with E-state index < -0.39 is 8.80 Å². The van der Waals surface area contributed by atoms with Crippen LogP contribution in [0.4, 0.5) is 0 Å². The van der Waals surface area contributed by atoms with Gasteiger partial charge < -0.3 is 13.3 Å². The van der Waals surface area contributed by atoms with Gasteiger partial charge in [-0.1, -0.05) is 25.5 Å². The third-order valence-electron chi connectivity index (χ3n) is 5.43. The molecule has 0 aromatic carbocycles. The average molecular weight is 298 g/mol. The van der Waals surface area contributed by atoms with E-state index in [2.05, 4.69) is 19.1 Å². The molecule has 0 radical (unpaired) electrons. The monoisotopic (exact) mass is 298 g/mol. The molecular weight excluding hydrogens is 268 g/mol. The highest BCUT2D eigenvalue weighted by Gasteiger charge is 2.44. The molecule has 4 heteroatoms. The van der Waals surface area contributed by atoms with Gasteiger partial charge in [0.1, 0.15) is 0 Å². The Balaban J connectivity index is 2.01. The van der Waals surface area contributed by atoms with Crippen molar-refractivity contribution in [2.75, 3.05) is 21.3 Å². The zero-order valence-corrected chi connectivity index (χ0v) is 14.4. The molecule has 0 heterocycles. The Labute approximate surface area is 125 Å². The van der Waals surface area contributed by atoms with Crippen LogP contribution in [0.5, 0.6) is 0 Å². The Morgan fingerprint density at radius 2 is 1.40 bits per heavy atom. The number of rotatable bonds is 8. The van der Waals surface area contributed by atoms with Crippen LogP contribution in [-0.2, 0) is 13.3 Å². The Kier molecular flexibility index (Phi) is 5.84. The molecular formula is C16H30O3Si. The van der Waals surface area contributed by atoms with E-state index in [-0.39, 0.29) is 0 Å². The Morgan fingerprint density at radius 3 is 1.80 bits per heavy atom. The molecule has 0 N–H and O–H groups in total. The molecule has 0 saturated heterocycles. The molecule has 0 spiro atoms. The number of hydrogen-bond donors (Lipinski definition) is 0. The molecule has 0 amide bonds. The maximum Gasteiger partial charge on any atom is 0.500 e. The second kappa shape index (κ2) is 7.21. The predicted molar refractivity (Wildman–Crippen MR) is 83.4 cm³/mol. The van der Waals surface area contributed by atoms with E-state index in [1.54, 1.807) is 21.3 Å². The van der Waals surface area contributed by atoms with E-state index in [1.165, 1.54) is 32.1 Å². The largest absolute Gasteiger partial charge is 0.500 e. The SMILES string of the molecule is CCCC1C2C=CC(CC2)C1CC[Si](OC)(OC)OC. The minimum atomic E-state index is -2.41. The van der Waals surface area contributed by atoms with Crippen molar-refractivity contribution in [3.05, 3.63) is 12.2 Å². The van der Waals surface area contributed by atoms with Crippen molar-refractivity contribution < 1.29 is 13.3 Å². The smallest absolute Gasteiger partial charge is 0.377 e. The first-order valence-corrected chi connectivity index (χ1v) is 9.96. The van der Waals surface area contributed by atoms with Crippen molar-refractivity contribution in [2.24, 2.45) is 23.7 Å². The number of hydrogen-bond acceptors (Lipinski definition) is 3. The highest BCUT2D eigenvalue weighted by atomic mass is 28.4. The Morgan fingerprint density at radius 1 is 0.900 bits per heavy atom. The summed E-state index contributed by atoms with van der Waals surface area (Å²) in [7, 11) is 2.75. The first-order chi connectivity index (χ1) is 9.69. The zero-order valence-electron chi connectivity index (χ0n) is 13.4. The van der Waals surface area contributed by atoms with Gasteiger partial charge in [0.15, 0.2) is 0 Å². The van der Waals surface area contributed by atoms with Crippen LogP contribution >= 0.6 is 0 Å². The highest BCUT2D eigenvalue weighted by molar-refractivity contribution is 6.60. The number of allylic oxidation sites excluding steroid dienone is 2. The van der Waals surface area contributed by atoms with E-state index in [9.17, 15) is 0 Å². The summed E-state index contributed by atoms with van der Waals surface area (Å²) in [5, 5.41) is 0. The normalized spacial score (nSPS) is 32.8. The topological polar surface area (TPSA) is 27.7 Å². The summed E-state index contributed by atoms with van der Waals surface area (Å²) in [5.74, 6) is 3.24. The van der Waals surface area contributed by atoms with E-state index in [4.69, 9.17) is 13.3 Å². The van der Waals surface area contributed by atoms with Crippen LogP contribution in [0.25, 0.3) is 0 Å². The standard InChI is InChI=1S/C16H30O3Si/c1-5-6-15-13-7-9-14(10-8-13)16(15)11-12-20(17-2,18-3)19-4/h7,9,13-16H,5-6,8,10-12H2,1-4H3. The van der Waals surface area contributed by atoms with Crippen LogP contribution in [0, 0.1) is 23.7 Å². The minimum absolute atomic E-state index is 0.772. The predicted octanol–water partition coefficient (Wildman–Crippen LogP) is 3.88. The van der Waals surface area contributed by atoms with Crippen molar-refractivity contribution in [3.63, 3.8) is 0 Å². The molecule has 0 aliphatic heterocycles. The molecule has 3 rings (SSSR count). The van der Waals surface area contributed by atoms with Gasteiger partial charge >= 0.3 is 8.80 Å². The summed E-state index contributed by atoms with van der Waals surface area (Å²) >= 11 is 0. The summed E-state index contributed by atoms with van der Waals surface area (Å²) in [6.45, 7) is 2.31. The lowest BCUT2D eigenvalue weighted by Crippen LogP contribution is -2.45. The third kappa shape index (κ3) is 3.19. The van der Waals surface area contributed by atoms with Crippen molar-refractivity contribution in [1.82, 2.24) is 0 Å². The maximum atomic E-state index is 5.58. The van der Waals surface area contributed by atoms with E-state index >= 15 is 0 Å². The summed E-state index contributed by atoms with van der Waals surface area (Å²) in [6, 6.07) is 0.943. The molecule has 3 aliphatic carbocycles. The fourth-order valence-electron chi connectivity index (χ4n) is 4.30. The zero-order chi connectivity index (χ0) is 14.6. The van der Waals surface area contributed by atoms with Crippen LogP contribution in [-0.4, -0.2) is 30.1 Å². The molecule has 1 fully saturated rings. The van der Waals surface area contributed by atoms with Crippen LogP contribution in [0.1, 0.15) is 39.0 Å². The highest BCUT2D eigenvalue weighted by Crippen LogP contribution is 2.49. The molecule has 0 aromatic rings. The van der Waals surface area contributed by atoms with Gasteiger partial charge in [0.25, 0.3) is 0 Å². The van der Waals surface area contributed by atoms with E-state index in [1.807, 2.05) is 0 Å². The Bertz CT molecular complexity index is 319. The van der Waals surface area contributed by atoms with Crippen LogP contribution < -0.4 is 0 Å². The molecule has 116 valence electrons. The molecule has 20 heavy (non-hydrogen) atoms. The lowest BCUT2D eigenvalue weighted by atomic mass is 9.60. The van der Waals surface area contributed by atoms with Crippen molar-refractivity contribution in [2.45, 2.75) is 45.1 Å². The second-order valence-corrected chi connectivity index (χ2v) is 9.33. The molecule has 3 nitrogen and oxygen atoms in total. The molecule has 0 aromatic heterocycles. The molecule has 4 atom stereocenters. The number of fused-ring (bicyclic) bond motifs is 2. The molecule has 2 bridgehead atoms. The van der Waals surface area contributed by atoms with Gasteiger partial charge in [-0.3, -0.25) is 0 Å². The van der Waals surface area contributed by atoms with Gasteiger partial charge in [0.2, 0.25) is 0 Å². The molecule has 3 aliphatic rings. The molecule has 4 unspecified atom stereocenters. The van der Waals surface area contributed by atoms with Gasteiger partial charge in [-0.2, -0.15) is 0 Å². The average Bonchev–Trinajstić information content (AvgIpc) is 2.52. The van der Waals surface area contributed by atoms with Crippen molar-refractivity contribution >= 4 is 8.80 Å². The van der Waals surface area contributed by atoms with Gasteiger partial charge in [0, 0.05) is 27.4 Å². The van der Waals surface area contributed by atoms with Gasteiger partial charge in [-0.15, -0.1) is 0 Å². The fourth-order valence-corrected chi connectivity index (χ4v) is 6.10.